The molecule has 1 aromatic rings. The molecule has 0 heterocycles. The van der Waals surface area contributed by atoms with Crippen LogP contribution in [0.2, 0.25) is 0 Å². The molecule has 0 radical (unpaired) electrons. The van der Waals surface area contributed by atoms with E-state index < -0.39 is 19.5 Å². The van der Waals surface area contributed by atoms with E-state index in [0.29, 0.717) is 18.3 Å². The minimum atomic E-state index is -3.14. The van der Waals surface area contributed by atoms with Crippen LogP contribution in [-0.4, -0.2) is 25.3 Å². The maximum Gasteiger partial charge on any atom is 0.323 e. The fraction of sp³-hybridized carbons (Fsp3) is 0.562. The lowest BCUT2D eigenvalue weighted by Crippen LogP contribution is -2.35. The van der Waals surface area contributed by atoms with Crippen molar-refractivity contribution in [1.29, 1.82) is 0 Å². The fourth-order valence-corrected chi connectivity index (χ4v) is 3.35. The van der Waals surface area contributed by atoms with Gasteiger partial charge in [0.2, 0.25) is 0 Å². The van der Waals surface area contributed by atoms with Gasteiger partial charge in [-0.2, -0.15) is 0 Å². The number of esters is 1. The van der Waals surface area contributed by atoms with E-state index in [4.69, 9.17) is 9.26 Å². The highest BCUT2D eigenvalue weighted by Crippen LogP contribution is 2.39. The SMILES string of the molecule is CCC(CC)COC(=O)[C@H](C)N[P@](C)(=O)Oc1ccccc1. The summed E-state index contributed by atoms with van der Waals surface area (Å²) in [5.41, 5.74) is 0. The second-order valence-corrected chi connectivity index (χ2v) is 7.55. The van der Waals surface area contributed by atoms with Gasteiger partial charge < -0.3 is 9.26 Å². The number of carbonyl (C=O) groups excluding carboxylic acids is 1. The molecular weight excluding hydrogens is 301 g/mol. The number of para-hydroxylation sites is 1. The summed E-state index contributed by atoms with van der Waals surface area (Å²) < 4.78 is 23.1. The summed E-state index contributed by atoms with van der Waals surface area (Å²) >= 11 is 0. The number of carbonyl (C=O) groups is 1. The van der Waals surface area contributed by atoms with Crippen LogP contribution in [0.5, 0.6) is 5.75 Å². The molecule has 0 aliphatic carbocycles. The summed E-state index contributed by atoms with van der Waals surface area (Å²) in [6, 6.07) is 8.18. The van der Waals surface area contributed by atoms with Crippen molar-refractivity contribution in [3.05, 3.63) is 30.3 Å². The molecule has 2 atom stereocenters. The second-order valence-electron chi connectivity index (χ2n) is 5.41. The highest BCUT2D eigenvalue weighted by molar-refractivity contribution is 7.56. The Morgan fingerprint density at radius 3 is 2.36 bits per heavy atom. The topological polar surface area (TPSA) is 64.6 Å². The average molecular weight is 327 g/mol. The zero-order valence-corrected chi connectivity index (χ0v) is 14.6. The molecule has 124 valence electrons. The monoisotopic (exact) mass is 327 g/mol. The summed E-state index contributed by atoms with van der Waals surface area (Å²) in [6.07, 6.45) is 1.93. The van der Waals surface area contributed by atoms with Crippen molar-refractivity contribution in [1.82, 2.24) is 5.09 Å². The second kappa shape index (κ2) is 8.96. The number of rotatable bonds is 9. The lowest BCUT2D eigenvalue weighted by molar-refractivity contribution is -0.146. The fourth-order valence-electron chi connectivity index (χ4n) is 1.96. The van der Waals surface area contributed by atoms with Gasteiger partial charge in [-0.3, -0.25) is 9.36 Å². The van der Waals surface area contributed by atoms with Crippen LogP contribution in [-0.2, 0) is 14.1 Å². The van der Waals surface area contributed by atoms with E-state index in [-0.39, 0.29) is 0 Å². The Hall–Kier alpha value is -1.32. The molecule has 1 aromatic carbocycles. The highest BCUT2D eigenvalue weighted by atomic mass is 31.2. The third-order valence-corrected chi connectivity index (χ3v) is 4.84. The maximum absolute atomic E-state index is 12.4. The predicted molar refractivity (Wildman–Crippen MR) is 88.2 cm³/mol. The van der Waals surface area contributed by atoms with Gasteiger partial charge in [-0.05, 0) is 25.0 Å². The molecule has 0 fully saturated rings. The molecule has 1 N–H and O–H groups in total. The van der Waals surface area contributed by atoms with Crippen LogP contribution >= 0.6 is 7.52 Å². The van der Waals surface area contributed by atoms with Crippen molar-refractivity contribution in [2.45, 2.75) is 39.7 Å². The third kappa shape index (κ3) is 6.63. The zero-order chi connectivity index (χ0) is 16.6. The summed E-state index contributed by atoms with van der Waals surface area (Å²) in [7, 11) is -3.14. The van der Waals surface area contributed by atoms with Crippen LogP contribution in [0.25, 0.3) is 0 Å². The molecule has 22 heavy (non-hydrogen) atoms. The zero-order valence-electron chi connectivity index (χ0n) is 13.7. The quantitative estimate of drug-likeness (QED) is 0.551. The summed E-state index contributed by atoms with van der Waals surface area (Å²) in [4.78, 5) is 11.9. The Balaban J connectivity index is 2.50. The number of ether oxygens (including phenoxy) is 1. The van der Waals surface area contributed by atoms with Crippen molar-refractivity contribution in [3.8, 4) is 5.75 Å². The maximum atomic E-state index is 12.4. The van der Waals surface area contributed by atoms with Gasteiger partial charge in [0.1, 0.15) is 11.8 Å². The largest absolute Gasteiger partial charge is 0.464 e. The molecule has 0 aromatic heterocycles. The van der Waals surface area contributed by atoms with E-state index in [0.717, 1.165) is 12.8 Å². The molecule has 5 nitrogen and oxygen atoms in total. The summed E-state index contributed by atoms with van der Waals surface area (Å²) in [5.74, 6) is 0.453. The van der Waals surface area contributed by atoms with Gasteiger partial charge in [-0.15, -0.1) is 0 Å². The van der Waals surface area contributed by atoms with Crippen LogP contribution in [0.1, 0.15) is 33.6 Å². The lowest BCUT2D eigenvalue weighted by atomic mass is 10.1. The van der Waals surface area contributed by atoms with Gasteiger partial charge in [0.15, 0.2) is 0 Å². The smallest absolute Gasteiger partial charge is 0.323 e. The molecule has 0 saturated carbocycles. The van der Waals surface area contributed by atoms with Gasteiger partial charge >= 0.3 is 13.5 Å². The van der Waals surface area contributed by atoms with Gasteiger partial charge in [-0.1, -0.05) is 44.9 Å². The Labute approximate surface area is 132 Å². The standard InChI is InChI=1S/C16H26NO4P/c1-5-14(6-2)12-20-16(18)13(3)17-22(4,19)21-15-10-8-7-9-11-15/h7-11,13-14H,5-6,12H2,1-4H3,(H,17,19)/t13-,22+/m0/s1. The minimum absolute atomic E-state index is 0.366. The Morgan fingerprint density at radius 2 is 1.82 bits per heavy atom. The molecule has 0 spiro atoms. The normalized spacial score (nSPS) is 15.1. The van der Waals surface area contributed by atoms with Crippen LogP contribution < -0.4 is 9.61 Å². The molecule has 0 bridgehead atoms. The first-order chi connectivity index (χ1) is 10.4. The number of hydrogen-bond acceptors (Lipinski definition) is 4. The van der Waals surface area contributed by atoms with E-state index in [1.807, 2.05) is 6.07 Å². The Kier molecular flexibility index (Phi) is 7.63. The average Bonchev–Trinajstić information content (AvgIpc) is 2.48. The van der Waals surface area contributed by atoms with Crippen molar-refractivity contribution >= 4 is 13.5 Å². The van der Waals surface area contributed by atoms with Crippen LogP contribution in [0.4, 0.5) is 0 Å². The number of benzene rings is 1. The van der Waals surface area contributed by atoms with Crippen molar-refractivity contribution < 1.29 is 18.6 Å². The third-order valence-electron chi connectivity index (χ3n) is 3.42. The summed E-state index contributed by atoms with van der Waals surface area (Å²) in [6.45, 7) is 7.60. The molecule has 0 aliphatic rings. The van der Waals surface area contributed by atoms with Gasteiger partial charge in [0, 0.05) is 6.66 Å². The molecular formula is C16H26NO4P. The molecule has 0 aliphatic heterocycles. The number of hydrogen-bond donors (Lipinski definition) is 1. The van der Waals surface area contributed by atoms with E-state index >= 15 is 0 Å². The minimum Gasteiger partial charge on any atom is -0.464 e. The van der Waals surface area contributed by atoms with Gasteiger partial charge in [-0.25, -0.2) is 5.09 Å². The number of nitrogens with one attached hydrogen (secondary N) is 1. The van der Waals surface area contributed by atoms with Gasteiger partial charge in [0.05, 0.1) is 6.61 Å². The first-order valence-corrected chi connectivity index (χ1v) is 9.71. The molecule has 0 amide bonds. The first kappa shape index (κ1) is 18.7. The highest BCUT2D eigenvalue weighted by Gasteiger charge is 2.25. The van der Waals surface area contributed by atoms with Crippen molar-refractivity contribution in [2.75, 3.05) is 13.3 Å². The Bertz CT molecular complexity index is 502. The molecule has 0 unspecified atom stereocenters. The Morgan fingerprint density at radius 1 is 1.23 bits per heavy atom. The first-order valence-electron chi connectivity index (χ1n) is 7.64. The van der Waals surface area contributed by atoms with Crippen LogP contribution in [0.3, 0.4) is 0 Å². The van der Waals surface area contributed by atoms with Crippen LogP contribution in [0, 0.1) is 5.92 Å². The molecule has 6 heteroatoms. The van der Waals surface area contributed by atoms with E-state index in [1.54, 1.807) is 31.2 Å². The van der Waals surface area contributed by atoms with E-state index in [9.17, 15) is 9.36 Å². The lowest BCUT2D eigenvalue weighted by Gasteiger charge is -2.21. The van der Waals surface area contributed by atoms with E-state index in [1.165, 1.54) is 6.66 Å². The van der Waals surface area contributed by atoms with Crippen molar-refractivity contribution in [2.24, 2.45) is 5.92 Å². The summed E-state index contributed by atoms with van der Waals surface area (Å²) in [5, 5.41) is 2.72. The molecule has 0 saturated heterocycles. The van der Waals surface area contributed by atoms with Crippen LogP contribution in [0.15, 0.2) is 30.3 Å². The molecule has 1 rings (SSSR count). The van der Waals surface area contributed by atoms with Crippen molar-refractivity contribution in [3.63, 3.8) is 0 Å². The van der Waals surface area contributed by atoms with Gasteiger partial charge in [0.25, 0.3) is 0 Å². The van der Waals surface area contributed by atoms with E-state index in [2.05, 4.69) is 18.9 Å². The predicted octanol–water partition coefficient (Wildman–Crippen LogP) is 3.85.